The van der Waals surface area contributed by atoms with Crippen molar-refractivity contribution >= 4 is 30.7 Å². The van der Waals surface area contributed by atoms with Crippen molar-refractivity contribution in [1.29, 1.82) is 0 Å². The third-order valence-electron chi connectivity index (χ3n) is 5.23. The monoisotopic (exact) mass is 489 g/mol. The molecule has 0 heterocycles. The molecule has 6 nitrogen and oxygen atoms in total. The number of rotatable bonds is 12. The van der Waals surface area contributed by atoms with Crippen molar-refractivity contribution in [1.82, 2.24) is 4.31 Å². The maximum atomic E-state index is 13.2. The van der Waals surface area contributed by atoms with Crippen LogP contribution in [0.2, 0.25) is 0 Å². The van der Waals surface area contributed by atoms with Crippen LogP contribution in [0, 0.1) is 0 Å². The average Bonchev–Trinajstić information content (AvgIpc) is 2.72. The van der Waals surface area contributed by atoms with E-state index in [1.54, 1.807) is 6.07 Å². The van der Waals surface area contributed by atoms with Crippen LogP contribution >= 0.6 is 12.8 Å². The van der Waals surface area contributed by atoms with E-state index in [-0.39, 0.29) is 17.2 Å². The van der Waals surface area contributed by atoms with Crippen LogP contribution in [-0.2, 0) is 22.4 Å². The molecule has 0 spiro atoms. The maximum absolute atomic E-state index is 13.2. The highest BCUT2D eigenvalue weighted by Crippen LogP contribution is 2.38. The van der Waals surface area contributed by atoms with Gasteiger partial charge in [0, 0.05) is 26.5 Å². The molecule has 0 saturated carbocycles. The first kappa shape index (κ1) is 29.5. The number of unbranched alkanes of at least 4 members (excludes halogenated alkanes) is 2. The number of carbonyl (C=O) groups is 3. The van der Waals surface area contributed by atoms with Gasteiger partial charge in [-0.05, 0) is 64.5 Å². The standard InChI is InChI=1S/C27H39NO5S/c1-8-9-10-14-22-17-24(32-20(5)29)23(16-15-19(4)13-11-12-18(2)3)26(33-21(6)30)25(22)27(31)28(7)34/h12,15,17,34H,8-11,13-14,16H2,1-7H3/b19-15+. The largest absolute Gasteiger partial charge is 0.426 e. The number of thiol groups is 1. The summed E-state index contributed by atoms with van der Waals surface area (Å²) in [5.74, 6) is -0.977. The Hall–Kier alpha value is -2.54. The molecule has 0 unspecified atom stereocenters. The van der Waals surface area contributed by atoms with Gasteiger partial charge in [-0.15, -0.1) is 0 Å². The summed E-state index contributed by atoms with van der Waals surface area (Å²) in [7, 11) is 1.53. The molecule has 188 valence electrons. The zero-order chi connectivity index (χ0) is 25.8. The number of amides is 1. The van der Waals surface area contributed by atoms with Crippen LogP contribution in [-0.4, -0.2) is 29.2 Å². The molecular formula is C27H39NO5S. The minimum Gasteiger partial charge on any atom is -0.426 e. The predicted octanol–water partition coefficient (Wildman–Crippen LogP) is 6.42. The Bertz CT molecular complexity index is 943. The molecule has 34 heavy (non-hydrogen) atoms. The van der Waals surface area contributed by atoms with Crippen molar-refractivity contribution in [2.75, 3.05) is 7.05 Å². The fraction of sp³-hybridized carbons (Fsp3) is 0.519. The highest BCUT2D eigenvalue weighted by molar-refractivity contribution is 7.78. The molecule has 1 rings (SSSR count). The molecule has 1 amide bonds. The van der Waals surface area contributed by atoms with Gasteiger partial charge in [0.15, 0.2) is 5.75 Å². The van der Waals surface area contributed by atoms with E-state index in [9.17, 15) is 14.4 Å². The quantitative estimate of drug-likeness (QED) is 0.121. The summed E-state index contributed by atoms with van der Waals surface area (Å²) in [5, 5.41) is 0. The molecule has 0 aliphatic heterocycles. The Labute approximate surface area is 209 Å². The van der Waals surface area contributed by atoms with Crippen molar-refractivity contribution in [2.24, 2.45) is 0 Å². The first-order chi connectivity index (χ1) is 16.0. The second kappa shape index (κ2) is 14.7. The van der Waals surface area contributed by atoms with Crippen molar-refractivity contribution in [3.63, 3.8) is 0 Å². The summed E-state index contributed by atoms with van der Waals surface area (Å²) in [4.78, 5) is 37.1. The van der Waals surface area contributed by atoms with E-state index in [1.807, 2.05) is 13.0 Å². The van der Waals surface area contributed by atoms with Crippen molar-refractivity contribution in [3.05, 3.63) is 46.1 Å². The normalized spacial score (nSPS) is 11.1. The second-order valence-corrected chi connectivity index (χ2v) is 9.36. The Morgan fingerprint density at radius 1 is 1.00 bits per heavy atom. The molecule has 0 atom stereocenters. The highest BCUT2D eigenvalue weighted by Gasteiger charge is 2.27. The van der Waals surface area contributed by atoms with E-state index >= 15 is 0 Å². The predicted molar refractivity (Wildman–Crippen MR) is 139 cm³/mol. The number of nitrogens with zero attached hydrogens (tertiary/aromatic N) is 1. The summed E-state index contributed by atoms with van der Waals surface area (Å²) in [6.07, 6.45) is 9.74. The van der Waals surface area contributed by atoms with Gasteiger partial charge in [-0.3, -0.25) is 18.7 Å². The van der Waals surface area contributed by atoms with E-state index in [1.165, 1.54) is 30.8 Å². The molecular weight excluding hydrogens is 450 g/mol. The van der Waals surface area contributed by atoms with Crippen molar-refractivity contribution in [2.45, 2.75) is 86.5 Å². The van der Waals surface area contributed by atoms with Gasteiger partial charge in [0.2, 0.25) is 0 Å². The number of carbonyl (C=O) groups excluding carboxylic acids is 3. The van der Waals surface area contributed by atoms with Crippen LogP contribution in [0.5, 0.6) is 11.5 Å². The number of ether oxygens (including phenoxy) is 2. The number of aryl methyl sites for hydroxylation is 1. The Morgan fingerprint density at radius 2 is 1.65 bits per heavy atom. The fourth-order valence-electron chi connectivity index (χ4n) is 3.55. The minimum atomic E-state index is -0.555. The molecule has 1 aromatic rings. The number of benzene rings is 1. The fourth-order valence-corrected chi connectivity index (χ4v) is 3.65. The zero-order valence-electron chi connectivity index (χ0n) is 21.6. The molecule has 1 aromatic carbocycles. The molecule has 7 heteroatoms. The third kappa shape index (κ3) is 9.75. The summed E-state index contributed by atoms with van der Waals surface area (Å²) < 4.78 is 12.3. The Morgan fingerprint density at radius 3 is 2.18 bits per heavy atom. The van der Waals surface area contributed by atoms with Gasteiger partial charge in [0.25, 0.3) is 5.91 Å². The Balaban J connectivity index is 3.69. The first-order valence-electron chi connectivity index (χ1n) is 11.8. The number of esters is 2. The highest BCUT2D eigenvalue weighted by atomic mass is 32.1. The van der Waals surface area contributed by atoms with E-state index in [2.05, 4.69) is 39.7 Å². The van der Waals surface area contributed by atoms with Crippen LogP contribution in [0.25, 0.3) is 0 Å². The van der Waals surface area contributed by atoms with Gasteiger partial charge in [-0.1, -0.05) is 55.9 Å². The first-order valence-corrected chi connectivity index (χ1v) is 12.2. The summed E-state index contributed by atoms with van der Waals surface area (Å²) >= 11 is 4.19. The molecule has 0 aliphatic rings. The van der Waals surface area contributed by atoms with E-state index < -0.39 is 11.9 Å². The number of hydrogen-bond acceptors (Lipinski definition) is 6. The lowest BCUT2D eigenvalue weighted by molar-refractivity contribution is -0.132. The molecule has 0 aliphatic carbocycles. The van der Waals surface area contributed by atoms with E-state index in [0.717, 1.165) is 37.7 Å². The van der Waals surface area contributed by atoms with Crippen LogP contribution in [0.15, 0.2) is 29.4 Å². The van der Waals surface area contributed by atoms with Gasteiger partial charge in [0.1, 0.15) is 5.75 Å². The average molecular weight is 490 g/mol. The summed E-state index contributed by atoms with van der Waals surface area (Å²) in [5.41, 5.74) is 3.85. The summed E-state index contributed by atoms with van der Waals surface area (Å²) in [6.45, 7) is 10.9. The van der Waals surface area contributed by atoms with Crippen LogP contribution in [0.3, 0.4) is 0 Å². The van der Waals surface area contributed by atoms with Gasteiger partial charge in [-0.2, -0.15) is 0 Å². The number of allylic oxidation sites excluding steroid dienone is 4. The van der Waals surface area contributed by atoms with Crippen LogP contribution in [0.4, 0.5) is 0 Å². The van der Waals surface area contributed by atoms with Crippen molar-refractivity contribution < 1.29 is 23.9 Å². The summed E-state index contributed by atoms with van der Waals surface area (Å²) in [6, 6.07) is 1.73. The van der Waals surface area contributed by atoms with Crippen LogP contribution in [0.1, 0.15) is 95.1 Å². The van der Waals surface area contributed by atoms with Gasteiger partial charge < -0.3 is 9.47 Å². The molecule has 0 fully saturated rings. The third-order valence-corrected chi connectivity index (χ3v) is 5.41. The van der Waals surface area contributed by atoms with Gasteiger partial charge >= 0.3 is 11.9 Å². The Kier molecular flexibility index (Phi) is 12.7. The molecule has 0 saturated heterocycles. The molecule has 0 radical (unpaired) electrons. The molecule has 0 N–H and O–H groups in total. The van der Waals surface area contributed by atoms with Crippen molar-refractivity contribution in [3.8, 4) is 11.5 Å². The molecule has 0 bridgehead atoms. The van der Waals surface area contributed by atoms with Gasteiger partial charge in [0.05, 0.1) is 5.56 Å². The lowest BCUT2D eigenvalue weighted by Gasteiger charge is -2.21. The van der Waals surface area contributed by atoms with E-state index in [0.29, 0.717) is 29.7 Å². The van der Waals surface area contributed by atoms with Gasteiger partial charge in [-0.25, -0.2) is 0 Å². The number of hydrogen-bond donors (Lipinski definition) is 1. The smallest absolute Gasteiger partial charge is 0.308 e. The minimum absolute atomic E-state index is 0.136. The maximum Gasteiger partial charge on any atom is 0.308 e. The SMILES string of the molecule is CCCCCc1cc(OC(C)=O)c(C/C=C(\C)CCC=C(C)C)c(OC(C)=O)c1C(=O)N(C)S. The topological polar surface area (TPSA) is 72.9 Å². The van der Waals surface area contributed by atoms with E-state index in [4.69, 9.17) is 9.47 Å². The lowest BCUT2D eigenvalue weighted by Crippen LogP contribution is -2.22. The zero-order valence-corrected chi connectivity index (χ0v) is 22.5. The van der Waals surface area contributed by atoms with Crippen LogP contribution < -0.4 is 9.47 Å². The lowest BCUT2D eigenvalue weighted by atomic mass is 9.94. The second-order valence-electron chi connectivity index (χ2n) is 8.76. The molecule has 0 aromatic heterocycles.